The van der Waals surface area contributed by atoms with Gasteiger partial charge in [0, 0.05) is 13.2 Å². The maximum Gasteiger partial charge on any atom is 0.322 e. The summed E-state index contributed by atoms with van der Waals surface area (Å²) in [6.07, 6.45) is 2.23. The van der Waals surface area contributed by atoms with E-state index in [1.807, 2.05) is 0 Å². The van der Waals surface area contributed by atoms with Crippen molar-refractivity contribution in [3.8, 4) is 6.01 Å². The highest BCUT2D eigenvalue weighted by Crippen LogP contribution is 2.25. The van der Waals surface area contributed by atoms with E-state index in [0.717, 1.165) is 12.8 Å². The zero-order valence-corrected chi connectivity index (χ0v) is 9.30. The minimum atomic E-state index is 0.150. The smallest absolute Gasteiger partial charge is 0.322 e. The Balaban J connectivity index is 1.97. The van der Waals surface area contributed by atoms with Crippen LogP contribution in [0.3, 0.4) is 0 Å². The Bertz CT molecular complexity index is 367. The zero-order valence-electron chi connectivity index (χ0n) is 9.30. The number of rotatable bonds is 4. The van der Waals surface area contributed by atoms with Gasteiger partial charge in [0.2, 0.25) is 11.9 Å². The van der Waals surface area contributed by atoms with Gasteiger partial charge in [-0.05, 0) is 12.8 Å². The number of nitrogen functional groups attached to an aromatic ring is 1. The van der Waals surface area contributed by atoms with Crippen LogP contribution in [0.4, 0.5) is 11.9 Å². The highest BCUT2D eigenvalue weighted by Gasteiger charge is 2.29. The number of nitrogens with one attached hydrogen (secondary N) is 1. The fraction of sp³-hybridized carbons (Fsp3) is 0.667. The van der Waals surface area contributed by atoms with E-state index >= 15 is 0 Å². The summed E-state index contributed by atoms with van der Waals surface area (Å²) in [5.41, 5.74) is 5.52. The van der Waals surface area contributed by atoms with Crippen LogP contribution in [0.1, 0.15) is 12.8 Å². The average Bonchev–Trinajstić information content (AvgIpc) is 2.22. The molecule has 0 bridgehead atoms. The van der Waals surface area contributed by atoms with Crippen LogP contribution in [-0.2, 0) is 4.74 Å². The molecule has 1 fully saturated rings. The van der Waals surface area contributed by atoms with Crippen molar-refractivity contribution < 1.29 is 9.47 Å². The topological polar surface area (TPSA) is 95.2 Å². The van der Waals surface area contributed by atoms with Gasteiger partial charge in [0.1, 0.15) is 0 Å². The molecular formula is C9H15N5O2. The summed E-state index contributed by atoms with van der Waals surface area (Å²) in [6.45, 7) is 0. The molecule has 1 aromatic rings. The van der Waals surface area contributed by atoms with E-state index in [0.29, 0.717) is 18.1 Å². The average molecular weight is 225 g/mol. The van der Waals surface area contributed by atoms with Gasteiger partial charge in [0.25, 0.3) is 0 Å². The van der Waals surface area contributed by atoms with Crippen molar-refractivity contribution in [2.45, 2.75) is 25.0 Å². The summed E-state index contributed by atoms with van der Waals surface area (Å²) in [5, 5.41) is 3.16. The van der Waals surface area contributed by atoms with Gasteiger partial charge >= 0.3 is 6.01 Å². The molecular weight excluding hydrogens is 210 g/mol. The first kappa shape index (κ1) is 10.9. The van der Waals surface area contributed by atoms with Crippen molar-refractivity contribution in [1.82, 2.24) is 15.0 Å². The molecule has 0 aliphatic heterocycles. The van der Waals surface area contributed by atoms with E-state index in [2.05, 4.69) is 20.3 Å². The molecule has 1 heterocycles. The molecule has 2 rings (SSSR count). The molecule has 0 atom stereocenters. The predicted molar refractivity (Wildman–Crippen MR) is 58.2 cm³/mol. The molecule has 1 aliphatic carbocycles. The number of methoxy groups -OCH3 is 2. The quantitative estimate of drug-likeness (QED) is 0.747. The lowest BCUT2D eigenvalue weighted by Gasteiger charge is -2.34. The second kappa shape index (κ2) is 4.48. The third-order valence-corrected chi connectivity index (χ3v) is 2.58. The van der Waals surface area contributed by atoms with Crippen LogP contribution in [0.5, 0.6) is 6.01 Å². The lowest BCUT2D eigenvalue weighted by molar-refractivity contribution is 0.0327. The standard InChI is InChI=1S/C9H15N5O2/c1-15-6-3-5(4-6)11-8-12-7(10)13-9(14-8)16-2/h5-6H,3-4H2,1-2H3,(H3,10,11,12,13,14). The van der Waals surface area contributed by atoms with E-state index < -0.39 is 0 Å². The van der Waals surface area contributed by atoms with Crippen LogP contribution >= 0.6 is 0 Å². The fourth-order valence-corrected chi connectivity index (χ4v) is 1.59. The van der Waals surface area contributed by atoms with Gasteiger partial charge in [-0.15, -0.1) is 0 Å². The monoisotopic (exact) mass is 225 g/mol. The van der Waals surface area contributed by atoms with Gasteiger partial charge in [-0.2, -0.15) is 15.0 Å². The second-order valence-corrected chi connectivity index (χ2v) is 3.67. The minimum Gasteiger partial charge on any atom is -0.467 e. The molecule has 1 saturated carbocycles. The number of hydrogen-bond acceptors (Lipinski definition) is 7. The Labute approximate surface area is 93.4 Å². The first-order valence-electron chi connectivity index (χ1n) is 5.06. The molecule has 16 heavy (non-hydrogen) atoms. The third-order valence-electron chi connectivity index (χ3n) is 2.58. The van der Waals surface area contributed by atoms with Crippen molar-refractivity contribution in [2.24, 2.45) is 0 Å². The molecule has 1 aliphatic rings. The van der Waals surface area contributed by atoms with Crippen LogP contribution < -0.4 is 15.8 Å². The van der Waals surface area contributed by atoms with E-state index in [4.69, 9.17) is 15.2 Å². The fourth-order valence-electron chi connectivity index (χ4n) is 1.59. The molecule has 3 N–H and O–H groups in total. The van der Waals surface area contributed by atoms with E-state index in [1.165, 1.54) is 7.11 Å². The van der Waals surface area contributed by atoms with Crippen LogP contribution in [-0.4, -0.2) is 41.3 Å². The van der Waals surface area contributed by atoms with Crippen LogP contribution in [0.15, 0.2) is 0 Å². The summed E-state index contributed by atoms with van der Waals surface area (Å²) in [5.74, 6) is 0.598. The Morgan fingerprint density at radius 2 is 2.00 bits per heavy atom. The van der Waals surface area contributed by atoms with Crippen molar-refractivity contribution in [1.29, 1.82) is 0 Å². The zero-order chi connectivity index (χ0) is 11.5. The van der Waals surface area contributed by atoms with Crippen LogP contribution in [0.2, 0.25) is 0 Å². The molecule has 0 saturated heterocycles. The number of nitrogens with two attached hydrogens (primary N) is 1. The summed E-state index contributed by atoms with van der Waals surface area (Å²) in [7, 11) is 3.20. The lowest BCUT2D eigenvalue weighted by atomic mass is 9.89. The van der Waals surface area contributed by atoms with E-state index in [-0.39, 0.29) is 12.0 Å². The van der Waals surface area contributed by atoms with Gasteiger partial charge in [-0.1, -0.05) is 0 Å². The minimum absolute atomic E-state index is 0.150. The highest BCUT2D eigenvalue weighted by atomic mass is 16.5. The Hall–Kier alpha value is -1.63. The Morgan fingerprint density at radius 3 is 2.62 bits per heavy atom. The van der Waals surface area contributed by atoms with E-state index in [9.17, 15) is 0 Å². The molecule has 0 unspecified atom stereocenters. The third kappa shape index (κ3) is 2.30. The normalized spacial score (nSPS) is 23.6. The summed E-state index contributed by atoms with van der Waals surface area (Å²) >= 11 is 0. The number of anilines is 2. The first-order valence-corrected chi connectivity index (χ1v) is 5.06. The second-order valence-electron chi connectivity index (χ2n) is 3.67. The van der Waals surface area contributed by atoms with Gasteiger partial charge < -0.3 is 20.5 Å². The lowest BCUT2D eigenvalue weighted by Crippen LogP contribution is -2.40. The van der Waals surface area contributed by atoms with Crippen LogP contribution in [0.25, 0.3) is 0 Å². The maximum atomic E-state index is 5.52. The first-order chi connectivity index (χ1) is 7.71. The SMILES string of the molecule is COc1nc(N)nc(NC2CC(OC)C2)n1. The predicted octanol–water partition coefficient (Wildman–Crippen LogP) is 0.0517. The molecule has 7 heteroatoms. The molecule has 1 aromatic heterocycles. The number of hydrogen-bond donors (Lipinski definition) is 2. The molecule has 0 amide bonds. The molecule has 7 nitrogen and oxygen atoms in total. The number of ether oxygens (including phenoxy) is 2. The summed E-state index contributed by atoms with van der Waals surface area (Å²) < 4.78 is 10.1. The van der Waals surface area contributed by atoms with Crippen molar-refractivity contribution in [2.75, 3.05) is 25.3 Å². The number of aromatic nitrogens is 3. The summed E-state index contributed by atoms with van der Waals surface area (Å²) in [6, 6.07) is 0.550. The van der Waals surface area contributed by atoms with Crippen LogP contribution in [0, 0.1) is 0 Å². The largest absolute Gasteiger partial charge is 0.467 e. The van der Waals surface area contributed by atoms with Crippen molar-refractivity contribution in [3.63, 3.8) is 0 Å². The van der Waals surface area contributed by atoms with Gasteiger partial charge in [0.05, 0.1) is 13.2 Å². The van der Waals surface area contributed by atoms with Crippen molar-refractivity contribution >= 4 is 11.9 Å². The summed E-state index contributed by atoms with van der Waals surface area (Å²) in [4.78, 5) is 11.8. The molecule has 0 radical (unpaired) electrons. The maximum absolute atomic E-state index is 5.52. The molecule has 88 valence electrons. The molecule has 0 aromatic carbocycles. The Kier molecular flexibility index (Phi) is 3.04. The van der Waals surface area contributed by atoms with E-state index in [1.54, 1.807) is 7.11 Å². The highest BCUT2D eigenvalue weighted by molar-refractivity contribution is 5.34. The van der Waals surface area contributed by atoms with Gasteiger partial charge in [-0.3, -0.25) is 0 Å². The molecule has 0 spiro atoms. The van der Waals surface area contributed by atoms with Gasteiger partial charge in [0.15, 0.2) is 0 Å². The van der Waals surface area contributed by atoms with Crippen molar-refractivity contribution in [3.05, 3.63) is 0 Å². The van der Waals surface area contributed by atoms with Gasteiger partial charge in [-0.25, -0.2) is 0 Å². The Morgan fingerprint density at radius 1 is 1.25 bits per heavy atom. The number of nitrogens with zero attached hydrogens (tertiary/aromatic N) is 3.